The van der Waals surface area contributed by atoms with E-state index in [1.807, 2.05) is 29.2 Å². The fraction of sp³-hybridized carbons (Fsp3) is 0.423. The molecule has 4 rings (SSSR count). The highest BCUT2D eigenvalue weighted by molar-refractivity contribution is 5.90. The quantitative estimate of drug-likeness (QED) is 0.508. The molecule has 0 spiro atoms. The van der Waals surface area contributed by atoms with Gasteiger partial charge < -0.3 is 20.3 Å². The van der Waals surface area contributed by atoms with Crippen LogP contribution in [0, 0.1) is 5.82 Å². The van der Waals surface area contributed by atoms with E-state index in [2.05, 4.69) is 10.6 Å². The van der Waals surface area contributed by atoms with Crippen LogP contribution < -0.4 is 15.5 Å². The third-order valence-corrected chi connectivity index (χ3v) is 6.26. The topological polar surface area (TPSA) is 91.0 Å². The number of carbonyl (C=O) groups excluding carboxylic acids is 3. The van der Waals surface area contributed by atoms with E-state index in [1.54, 1.807) is 12.1 Å². The van der Waals surface area contributed by atoms with Gasteiger partial charge in [-0.1, -0.05) is 24.3 Å². The molecule has 35 heavy (non-hydrogen) atoms. The van der Waals surface area contributed by atoms with Crippen molar-refractivity contribution >= 4 is 23.6 Å². The summed E-state index contributed by atoms with van der Waals surface area (Å²) in [7, 11) is 0. The minimum absolute atomic E-state index is 0.202. The van der Waals surface area contributed by atoms with Crippen LogP contribution in [0.2, 0.25) is 0 Å². The van der Waals surface area contributed by atoms with Gasteiger partial charge in [0.1, 0.15) is 11.9 Å². The van der Waals surface area contributed by atoms with Crippen LogP contribution in [0.15, 0.2) is 42.5 Å². The monoisotopic (exact) mass is 482 g/mol. The molecule has 0 saturated carbocycles. The Morgan fingerprint density at radius 1 is 1.17 bits per heavy atom. The minimum Gasteiger partial charge on any atom is -0.442 e. The lowest BCUT2D eigenvalue weighted by atomic mass is 10.0. The first-order valence-corrected chi connectivity index (χ1v) is 12.0. The lowest BCUT2D eigenvalue weighted by Gasteiger charge is -2.15. The number of benzene rings is 2. The van der Waals surface area contributed by atoms with Crippen LogP contribution in [0.1, 0.15) is 31.7 Å². The zero-order chi connectivity index (χ0) is 24.8. The van der Waals surface area contributed by atoms with Crippen molar-refractivity contribution in [3.63, 3.8) is 0 Å². The Balaban J connectivity index is 1.28. The first-order chi connectivity index (χ1) is 16.9. The summed E-state index contributed by atoms with van der Waals surface area (Å²) in [6, 6.07) is 12.4. The molecule has 1 atom stereocenters. The molecule has 2 N–H and O–H groups in total. The average Bonchev–Trinajstić information content (AvgIpc) is 3.42. The van der Waals surface area contributed by atoms with Crippen molar-refractivity contribution in [1.82, 2.24) is 15.5 Å². The van der Waals surface area contributed by atoms with Gasteiger partial charge in [-0.2, -0.15) is 0 Å². The number of hydrogen-bond acceptors (Lipinski definition) is 5. The van der Waals surface area contributed by atoms with Crippen molar-refractivity contribution in [2.45, 2.75) is 38.8 Å². The van der Waals surface area contributed by atoms with Crippen LogP contribution in [0.4, 0.5) is 14.9 Å². The van der Waals surface area contributed by atoms with Crippen molar-refractivity contribution in [3.05, 3.63) is 53.8 Å². The Labute approximate surface area is 204 Å². The summed E-state index contributed by atoms with van der Waals surface area (Å²) in [6.45, 7) is 5.06. The predicted molar refractivity (Wildman–Crippen MR) is 130 cm³/mol. The van der Waals surface area contributed by atoms with Gasteiger partial charge in [-0.25, -0.2) is 9.18 Å². The number of ether oxygens (including phenoxy) is 1. The Morgan fingerprint density at radius 3 is 2.66 bits per heavy atom. The van der Waals surface area contributed by atoms with Crippen molar-refractivity contribution < 1.29 is 23.5 Å². The van der Waals surface area contributed by atoms with Crippen LogP contribution in [0.5, 0.6) is 0 Å². The minimum atomic E-state index is -0.559. The van der Waals surface area contributed by atoms with Crippen LogP contribution in [0.25, 0.3) is 11.1 Å². The van der Waals surface area contributed by atoms with Gasteiger partial charge in [-0.15, -0.1) is 0 Å². The van der Waals surface area contributed by atoms with E-state index in [4.69, 9.17) is 4.74 Å². The molecule has 2 aromatic carbocycles. The molecule has 2 aromatic rings. The molecule has 186 valence electrons. The second-order valence-electron chi connectivity index (χ2n) is 8.93. The Hall–Kier alpha value is -3.46. The van der Waals surface area contributed by atoms with E-state index >= 15 is 0 Å². The SMILES string of the molecule is CC(=O)NCC1CN(c2ccc(-c3ccc(CNCCCN4CCCC4=O)cc3)c(F)c2)C(=O)O1. The van der Waals surface area contributed by atoms with Crippen molar-refractivity contribution in [1.29, 1.82) is 0 Å². The van der Waals surface area contributed by atoms with Crippen LogP contribution >= 0.6 is 0 Å². The van der Waals surface area contributed by atoms with E-state index in [0.29, 0.717) is 24.2 Å². The molecule has 9 heteroatoms. The van der Waals surface area contributed by atoms with Gasteiger partial charge in [0.05, 0.1) is 18.8 Å². The smallest absolute Gasteiger partial charge is 0.414 e. The molecule has 2 fully saturated rings. The zero-order valence-electron chi connectivity index (χ0n) is 19.9. The molecule has 0 bridgehead atoms. The number of likely N-dealkylation sites (tertiary alicyclic amines) is 1. The highest BCUT2D eigenvalue weighted by Crippen LogP contribution is 2.29. The summed E-state index contributed by atoms with van der Waals surface area (Å²) in [5, 5.41) is 6.01. The molecule has 8 nitrogen and oxygen atoms in total. The number of amides is 3. The predicted octanol–water partition coefficient (Wildman–Crippen LogP) is 3.06. The fourth-order valence-corrected chi connectivity index (χ4v) is 4.37. The number of nitrogens with zero attached hydrogens (tertiary/aromatic N) is 2. The lowest BCUT2D eigenvalue weighted by molar-refractivity contribution is -0.127. The van der Waals surface area contributed by atoms with Gasteiger partial charge in [0, 0.05) is 38.5 Å². The van der Waals surface area contributed by atoms with Crippen molar-refractivity contribution in [2.75, 3.05) is 37.6 Å². The third-order valence-electron chi connectivity index (χ3n) is 6.26. The first-order valence-electron chi connectivity index (χ1n) is 12.0. The van der Waals surface area contributed by atoms with Gasteiger partial charge in [0.2, 0.25) is 11.8 Å². The van der Waals surface area contributed by atoms with Gasteiger partial charge in [0.25, 0.3) is 0 Å². The second-order valence-corrected chi connectivity index (χ2v) is 8.93. The Morgan fingerprint density at radius 2 is 1.97 bits per heavy atom. The van der Waals surface area contributed by atoms with Gasteiger partial charge in [0.15, 0.2) is 0 Å². The van der Waals surface area contributed by atoms with Gasteiger partial charge in [-0.3, -0.25) is 14.5 Å². The number of anilines is 1. The van der Waals surface area contributed by atoms with E-state index < -0.39 is 18.0 Å². The van der Waals surface area contributed by atoms with Crippen LogP contribution in [-0.4, -0.2) is 61.6 Å². The number of hydrogen-bond donors (Lipinski definition) is 2. The summed E-state index contributed by atoms with van der Waals surface area (Å²) in [6.07, 6.45) is 1.52. The number of carbonyl (C=O) groups is 3. The van der Waals surface area contributed by atoms with Gasteiger partial charge in [-0.05, 0) is 48.7 Å². The fourth-order valence-electron chi connectivity index (χ4n) is 4.37. The average molecular weight is 483 g/mol. The van der Waals surface area contributed by atoms with Gasteiger partial charge >= 0.3 is 6.09 Å². The number of cyclic esters (lactones) is 1. The number of nitrogens with one attached hydrogen (secondary N) is 2. The molecule has 0 aromatic heterocycles. The summed E-state index contributed by atoms with van der Waals surface area (Å²) in [4.78, 5) is 38.2. The molecule has 0 radical (unpaired) electrons. The maximum absolute atomic E-state index is 14.9. The zero-order valence-corrected chi connectivity index (χ0v) is 19.9. The maximum Gasteiger partial charge on any atom is 0.414 e. The largest absolute Gasteiger partial charge is 0.442 e. The van der Waals surface area contributed by atoms with E-state index in [-0.39, 0.29) is 24.9 Å². The summed E-state index contributed by atoms with van der Waals surface area (Å²) >= 11 is 0. The molecule has 2 aliphatic heterocycles. The molecule has 2 aliphatic rings. The van der Waals surface area contributed by atoms with Crippen molar-refractivity contribution in [2.24, 2.45) is 0 Å². The van der Waals surface area contributed by atoms with Crippen LogP contribution in [0.3, 0.4) is 0 Å². The highest BCUT2D eigenvalue weighted by Gasteiger charge is 2.32. The van der Waals surface area contributed by atoms with E-state index in [9.17, 15) is 18.8 Å². The summed E-state index contributed by atoms with van der Waals surface area (Å²) < 4.78 is 20.2. The molecule has 1 unspecified atom stereocenters. The van der Waals surface area contributed by atoms with E-state index in [1.165, 1.54) is 17.9 Å². The normalized spacial score (nSPS) is 17.7. The standard InChI is InChI=1S/C26H31FN4O4/c1-18(32)29-16-22-17-31(26(34)35-22)21-9-10-23(24(27)14-21)20-7-5-19(6-8-20)15-28-11-3-13-30-12-2-4-25(30)33/h5-10,14,22,28H,2-4,11-13,15-17H2,1H3,(H,29,32). The maximum atomic E-state index is 14.9. The molecule has 2 saturated heterocycles. The Kier molecular flexibility index (Phi) is 7.97. The van der Waals surface area contributed by atoms with Crippen LogP contribution in [-0.2, 0) is 20.9 Å². The highest BCUT2D eigenvalue weighted by atomic mass is 19.1. The number of rotatable bonds is 10. The Bertz CT molecular complexity index is 1080. The summed E-state index contributed by atoms with van der Waals surface area (Å²) in [5.74, 6) is -0.373. The lowest BCUT2D eigenvalue weighted by Crippen LogP contribution is -2.33. The molecular weight excluding hydrogens is 451 g/mol. The molecule has 3 amide bonds. The second kappa shape index (κ2) is 11.3. The molecule has 0 aliphatic carbocycles. The summed E-state index contributed by atoms with van der Waals surface area (Å²) in [5.41, 5.74) is 2.70. The number of halogens is 1. The third kappa shape index (κ3) is 6.36. The first kappa shape index (κ1) is 24.7. The molecular formula is C26H31FN4O4. The van der Waals surface area contributed by atoms with E-state index in [0.717, 1.165) is 43.6 Å². The van der Waals surface area contributed by atoms with Crippen molar-refractivity contribution in [3.8, 4) is 11.1 Å². The molecule has 2 heterocycles.